The first-order valence-electron chi connectivity index (χ1n) is 32.7. The summed E-state index contributed by atoms with van der Waals surface area (Å²) in [6.07, 6.45) is 5.26. The number of aliphatic imine (C=N–C) groups is 1. The van der Waals surface area contributed by atoms with Crippen molar-refractivity contribution in [1.82, 2.24) is 67.4 Å². The number of H-pyrrole nitrogens is 2. The van der Waals surface area contributed by atoms with Gasteiger partial charge in [-0.05, 0) is 73.1 Å². The highest BCUT2D eigenvalue weighted by Crippen LogP contribution is 2.22. The Kier molecular flexibility index (Phi) is 35.6. The highest BCUT2D eigenvalue weighted by Gasteiger charge is 2.42. The molecule has 0 spiro atoms. The number of phenolic OH excluding ortho intramolecular Hbond substituents is 1. The first-order chi connectivity index (χ1) is 47.6. The van der Waals surface area contributed by atoms with E-state index in [1.807, 2.05) is 0 Å². The summed E-state index contributed by atoms with van der Waals surface area (Å²) in [6, 6.07) is 0.810. The van der Waals surface area contributed by atoms with Crippen molar-refractivity contribution in [1.29, 1.82) is 0 Å². The minimum atomic E-state index is -1.53. The van der Waals surface area contributed by atoms with Gasteiger partial charge in [0.05, 0.1) is 25.1 Å². The number of likely N-dealkylation sites (tertiary alicyclic amines) is 1. The lowest BCUT2D eigenvalue weighted by atomic mass is 9.96. The number of aromatic amines is 2. The average molecular weight is 1420 g/mol. The third-order valence-electron chi connectivity index (χ3n) is 15.6. The fourth-order valence-corrected chi connectivity index (χ4v) is 10.4. The Balaban J connectivity index is 0.00000314. The number of carbonyl (C=O) groups is 13. The van der Waals surface area contributed by atoms with Crippen LogP contribution in [-0.2, 0) is 88.0 Å². The molecule has 1 aliphatic heterocycles. The number of aromatic hydroxyl groups is 1. The van der Waals surface area contributed by atoms with E-state index in [1.54, 1.807) is 71.9 Å². The third-order valence-corrected chi connectivity index (χ3v) is 15.6. The van der Waals surface area contributed by atoms with Gasteiger partial charge in [0.1, 0.15) is 60.1 Å². The number of amides is 9. The van der Waals surface area contributed by atoms with Crippen molar-refractivity contribution in [2.75, 3.05) is 13.1 Å². The molecule has 5 rings (SSSR count). The molecule has 4 aromatic rings. The normalized spacial score (nSPS) is 15.3. The minimum absolute atomic E-state index is 0.0425. The average Bonchev–Trinajstić information content (AvgIpc) is 1.79. The van der Waals surface area contributed by atoms with Crippen LogP contribution in [0.3, 0.4) is 0 Å². The number of carboxylic acids is 4. The van der Waals surface area contributed by atoms with E-state index in [0.29, 0.717) is 35.4 Å². The Morgan fingerprint density at radius 2 is 1.06 bits per heavy atom. The minimum Gasteiger partial charge on any atom is -0.508 e. The standard InChI is InChI=1S/C62H89N17O14.2C2H4O2/c1-7-35(6)51(78-56(87)44(25-37-17-19-40(80)20-18-37)74-58(89)50(34(4)5)77-53(84)42(15-11-21-68-62(64)65)71-52(83)41(63)28-49(81)82)59(90)75-46(27-39-30-67-32-70-39)60(91)79-22-12-16-48(79)57(88)73-43(24-36-13-9-8-10-14-36)54(85)72-45(26-38-29-66-31-69-38)55(86)76-47(61(92)93)23-33(2)3;2*1-2(3)4/h8-10,13-14,17-20,29-35,41-48,50-51,80H,7,11-12,15-16,21-28,63H2,1-6H3,(H,66,69)(H,67,70)(H,71,83)(H,72,85)(H,73,88)(H,74,89)(H,75,90)(H,76,86)(H,77,84)(H,78,87)(H,81,82)(H,92,93)(H4,64,65,68);2*1H3,(H,3,4)/t35-,41-,42-,43-,44-,45-,46-,47-,48-,50-,51-;;/m0../s1. The molecule has 0 radical (unpaired) electrons. The Bertz CT molecular complexity index is 3390. The van der Waals surface area contributed by atoms with Gasteiger partial charge in [-0.3, -0.25) is 62.5 Å². The van der Waals surface area contributed by atoms with Gasteiger partial charge in [-0.2, -0.15) is 0 Å². The van der Waals surface area contributed by atoms with Crippen LogP contribution in [0.15, 0.2) is 84.6 Å². The third kappa shape index (κ3) is 30.8. The lowest BCUT2D eigenvalue weighted by Gasteiger charge is -2.32. The Morgan fingerprint density at radius 1 is 0.594 bits per heavy atom. The topological polar surface area (TPSA) is 570 Å². The van der Waals surface area contributed by atoms with E-state index in [4.69, 9.17) is 37.0 Å². The molecular weight excluding hydrogens is 1320 g/mol. The van der Waals surface area contributed by atoms with Gasteiger partial charge in [0.25, 0.3) is 11.9 Å². The number of benzene rings is 2. The van der Waals surface area contributed by atoms with E-state index in [9.17, 15) is 63.3 Å². The van der Waals surface area contributed by atoms with Gasteiger partial charge in [-0.15, -0.1) is 0 Å². The quantitative estimate of drug-likeness (QED) is 0.0144. The highest BCUT2D eigenvalue weighted by molar-refractivity contribution is 5.99. The molecule has 0 aliphatic carbocycles. The maximum absolute atomic E-state index is 15.1. The van der Waals surface area contributed by atoms with E-state index in [1.165, 1.54) is 54.2 Å². The van der Waals surface area contributed by atoms with E-state index in [2.05, 4.69) is 67.5 Å². The van der Waals surface area contributed by atoms with Crippen molar-refractivity contribution in [2.45, 2.75) is 186 Å². The van der Waals surface area contributed by atoms with Crippen molar-refractivity contribution in [3.8, 4) is 5.75 Å². The van der Waals surface area contributed by atoms with E-state index in [-0.39, 0.29) is 82.1 Å². The first kappa shape index (κ1) is 84.2. The Morgan fingerprint density at radius 3 is 1.56 bits per heavy atom. The monoisotopic (exact) mass is 1420 g/mol. The molecule has 21 N–H and O–H groups in total. The molecule has 9 amide bonds. The SMILES string of the molecule is CC(=O)O.CC(=O)O.CC[C@H](C)[C@H](NC(=O)[C@H](Cc1ccc(O)cc1)NC(=O)[C@@H](NC(=O)[C@H](CCCN=C(N)N)NC(=O)[C@@H](N)CC(=O)O)C(C)C)C(=O)N[C@@H](Cc1cnc[nH]1)C(=O)N1CCC[C@H]1C(=O)N[C@@H](Cc1ccccc1)C(=O)N[C@@H](Cc1cnc[nH]1)C(=O)N[C@@H](CC(C)C)C(=O)O. The largest absolute Gasteiger partial charge is 0.508 e. The zero-order valence-corrected chi connectivity index (χ0v) is 57.8. The van der Waals surface area contributed by atoms with Gasteiger partial charge < -0.3 is 100 Å². The highest BCUT2D eigenvalue weighted by atomic mass is 16.4. The maximum Gasteiger partial charge on any atom is 0.326 e. The number of nitrogens with one attached hydrogen (secondary N) is 10. The molecule has 35 nitrogen and oxygen atoms in total. The number of imidazole rings is 2. The van der Waals surface area contributed by atoms with Crippen LogP contribution in [0.5, 0.6) is 5.75 Å². The number of aliphatic carboxylic acids is 4. The number of rotatable bonds is 37. The Labute approximate surface area is 583 Å². The van der Waals surface area contributed by atoms with Gasteiger partial charge in [0.15, 0.2) is 5.96 Å². The molecule has 1 saturated heterocycles. The molecule has 2 aromatic carbocycles. The summed E-state index contributed by atoms with van der Waals surface area (Å²) in [5, 5.41) is 65.6. The maximum atomic E-state index is 15.1. The molecule has 1 aliphatic rings. The number of aromatic nitrogens is 4. The molecule has 0 bridgehead atoms. The van der Waals surface area contributed by atoms with Crippen LogP contribution < -0.4 is 59.7 Å². The number of hydrogen-bond acceptors (Lipinski definition) is 18. The summed E-state index contributed by atoms with van der Waals surface area (Å²) in [4.78, 5) is 190. The number of nitrogens with zero attached hydrogens (tertiary/aromatic N) is 4. The fourth-order valence-electron chi connectivity index (χ4n) is 10.4. The second-order valence-corrected chi connectivity index (χ2v) is 24.9. The molecule has 1 fully saturated rings. The lowest BCUT2D eigenvalue weighted by Crippen LogP contribution is -2.62. The molecule has 3 heterocycles. The smallest absolute Gasteiger partial charge is 0.326 e. The van der Waals surface area contributed by atoms with Gasteiger partial charge in [-0.25, -0.2) is 14.8 Å². The van der Waals surface area contributed by atoms with E-state index >= 15 is 4.79 Å². The number of phenols is 1. The molecule has 0 unspecified atom stereocenters. The molecule has 11 atom stereocenters. The number of carboxylic acid groups (broad SMARTS) is 4. The summed E-state index contributed by atoms with van der Waals surface area (Å²) < 4.78 is 0. The number of nitrogens with two attached hydrogens (primary N) is 3. The van der Waals surface area contributed by atoms with Crippen LogP contribution in [-0.4, -0.2) is 207 Å². The van der Waals surface area contributed by atoms with Crippen LogP contribution in [0, 0.1) is 17.8 Å². The van der Waals surface area contributed by atoms with Crippen LogP contribution in [0.2, 0.25) is 0 Å². The predicted molar refractivity (Wildman–Crippen MR) is 365 cm³/mol. The molecule has 101 heavy (non-hydrogen) atoms. The molecule has 554 valence electrons. The number of carbonyl (C=O) groups excluding carboxylic acids is 9. The van der Waals surface area contributed by atoms with Crippen molar-refractivity contribution in [3.05, 3.63) is 102 Å². The van der Waals surface area contributed by atoms with Gasteiger partial charge in [0.2, 0.25) is 53.2 Å². The van der Waals surface area contributed by atoms with Crippen LogP contribution >= 0.6 is 0 Å². The zero-order valence-electron chi connectivity index (χ0n) is 57.8. The van der Waals surface area contributed by atoms with Gasteiger partial charge in [0, 0.05) is 76.4 Å². The van der Waals surface area contributed by atoms with Crippen LogP contribution in [0.1, 0.15) is 123 Å². The second kappa shape index (κ2) is 42.7. The van der Waals surface area contributed by atoms with Crippen molar-refractivity contribution in [3.63, 3.8) is 0 Å². The number of hydrogen-bond donors (Lipinski definition) is 18. The van der Waals surface area contributed by atoms with E-state index in [0.717, 1.165) is 13.8 Å². The van der Waals surface area contributed by atoms with Crippen LogP contribution in [0.4, 0.5) is 0 Å². The summed E-state index contributed by atoms with van der Waals surface area (Å²) in [5.74, 6) is -13.4. The fraction of sp³-hybridized carbons (Fsp3) is 0.515. The van der Waals surface area contributed by atoms with Crippen molar-refractivity contribution < 1.29 is 87.9 Å². The molecule has 0 saturated carbocycles. The first-order valence-corrected chi connectivity index (χ1v) is 32.7. The Hall–Kier alpha value is -11.0. The van der Waals surface area contributed by atoms with Gasteiger partial charge in [-0.1, -0.05) is 90.4 Å². The van der Waals surface area contributed by atoms with Crippen molar-refractivity contribution >= 4 is 83.0 Å². The predicted octanol–water partition coefficient (Wildman–Crippen LogP) is -1.15. The summed E-state index contributed by atoms with van der Waals surface area (Å²) in [5.41, 5.74) is 18.7. The second-order valence-electron chi connectivity index (χ2n) is 24.9. The number of guanidine groups is 1. The summed E-state index contributed by atoms with van der Waals surface area (Å²) in [6.45, 7) is 12.5. The lowest BCUT2D eigenvalue weighted by molar-refractivity contribution is -0.143. The van der Waals surface area contributed by atoms with Gasteiger partial charge >= 0.3 is 11.9 Å². The summed E-state index contributed by atoms with van der Waals surface area (Å²) >= 11 is 0. The zero-order chi connectivity index (χ0) is 75.6. The molecule has 2 aromatic heterocycles. The molecular formula is C66H97N17O18. The van der Waals surface area contributed by atoms with Crippen LogP contribution in [0.25, 0.3) is 0 Å². The van der Waals surface area contributed by atoms with E-state index < -0.39 is 156 Å². The summed E-state index contributed by atoms with van der Waals surface area (Å²) in [7, 11) is 0. The molecule has 35 heteroatoms. The van der Waals surface area contributed by atoms with Crippen molar-refractivity contribution in [2.24, 2.45) is 39.9 Å².